The van der Waals surface area contributed by atoms with Gasteiger partial charge in [0.05, 0.1) is 0 Å². The van der Waals surface area contributed by atoms with Crippen molar-refractivity contribution >= 4 is 68.9 Å². The molecule has 7 heteroatoms. The van der Waals surface area contributed by atoms with E-state index in [1.165, 1.54) is 0 Å². The number of rotatable bonds is 2. The molecule has 1 heterocycles. The standard InChI is InChI=1S/C10H5Cl2IN2OS/c11-7-8(15-17-9(7)12)10(16)14-6-3-1-5(13)2-4-6/h1-4H,(H,14,16). The summed E-state index contributed by atoms with van der Waals surface area (Å²) in [7, 11) is 0. The molecule has 0 aliphatic rings. The lowest BCUT2D eigenvalue weighted by molar-refractivity contribution is 0.102. The van der Waals surface area contributed by atoms with E-state index in [1.54, 1.807) is 0 Å². The summed E-state index contributed by atoms with van der Waals surface area (Å²) >= 11 is 14.8. The molecule has 2 aromatic rings. The Balaban J connectivity index is 2.17. The molecular formula is C10H5Cl2IN2OS. The van der Waals surface area contributed by atoms with E-state index < -0.39 is 0 Å². The van der Waals surface area contributed by atoms with Gasteiger partial charge in [0.25, 0.3) is 5.91 Å². The first-order valence-corrected chi connectivity index (χ1v) is 7.06. The van der Waals surface area contributed by atoms with Gasteiger partial charge in [0.1, 0.15) is 9.36 Å². The predicted octanol–water partition coefficient (Wildman–Crippen LogP) is 4.31. The molecule has 0 unspecified atom stereocenters. The minimum Gasteiger partial charge on any atom is -0.321 e. The molecule has 1 N–H and O–H groups in total. The van der Waals surface area contributed by atoms with Crippen molar-refractivity contribution in [3.8, 4) is 0 Å². The number of hydrogen-bond donors (Lipinski definition) is 1. The van der Waals surface area contributed by atoms with Crippen molar-refractivity contribution in [1.29, 1.82) is 0 Å². The smallest absolute Gasteiger partial charge is 0.276 e. The van der Waals surface area contributed by atoms with Crippen LogP contribution in [0, 0.1) is 3.57 Å². The molecule has 0 fully saturated rings. The topological polar surface area (TPSA) is 42.0 Å². The van der Waals surface area contributed by atoms with Crippen LogP contribution in [0.25, 0.3) is 0 Å². The van der Waals surface area contributed by atoms with Crippen LogP contribution >= 0.6 is 57.3 Å². The van der Waals surface area contributed by atoms with Gasteiger partial charge in [-0.3, -0.25) is 4.79 Å². The van der Waals surface area contributed by atoms with Crippen molar-refractivity contribution in [2.45, 2.75) is 0 Å². The highest BCUT2D eigenvalue weighted by molar-refractivity contribution is 14.1. The quantitative estimate of drug-likeness (QED) is 0.766. The summed E-state index contributed by atoms with van der Waals surface area (Å²) in [5, 5.41) is 2.89. The van der Waals surface area contributed by atoms with Crippen molar-refractivity contribution in [2.24, 2.45) is 0 Å². The lowest BCUT2D eigenvalue weighted by Gasteiger charge is -2.03. The molecule has 1 aromatic heterocycles. The van der Waals surface area contributed by atoms with Crippen molar-refractivity contribution in [3.05, 3.63) is 42.9 Å². The van der Waals surface area contributed by atoms with Gasteiger partial charge in [0.2, 0.25) is 0 Å². The fraction of sp³-hybridized carbons (Fsp3) is 0. The molecule has 2 rings (SSSR count). The molecular weight excluding hydrogens is 394 g/mol. The highest BCUT2D eigenvalue weighted by atomic mass is 127. The summed E-state index contributed by atoms with van der Waals surface area (Å²) in [5.41, 5.74) is 0.843. The molecule has 0 radical (unpaired) electrons. The number of hydrogen-bond acceptors (Lipinski definition) is 3. The molecule has 0 bridgehead atoms. The van der Waals surface area contributed by atoms with Crippen LogP contribution in [-0.2, 0) is 0 Å². The first kappa shape index (κ1) is 13.1. The van der Waals surface area contributed by atoms with Crippen LogP contribution in [0.4, 0.5) is 5.69 Å². The van der Waals surface area contributed by atoms with E-state index in [2.05, 4.69) is 32.3 Å². The Bertz CT molecular complexity index is 556. The lowest BCUT2D eigenvalue weighted by Crippen LogP contribution is -2.12. The molecule has 17 heavy (non-hydrogen) atoms. The number of benzene rings is 1. The summed E-state index contributed by atoms with van der Waals surface area (Å²) in [6.45, 7) is 0. The van der Waals surface area contributed by atoms with Crippen LogP contribution in [0.3, 0.4) is 0 Å². The Morgan fingerprint density at radius 3 is 2.47 bits per heavy atom. The second kappa shape index (κ2) is 5.51. The number of carbonyl (C=O) groups is 1. The zero-order valence-electron chi connectivity index (χ0n) is 8.21. The Kier molecular flexibility index (Phi) is 4.24. The van der Waals surface area contributed by atoms with Crippen LogP contribution in [0.1, 0.15) is 10.5 Å². The lowest BCUT2D eigenvalue weighted by atomic mass is 10.3. The van der Waals surface area contributed by atoms with Gasteiger partial charge in [0, 0.05) is 9.26 Å². The summed E-state index contributed by atoms with van der Waals surface area (Å²) in [6.07, 6.45) is 0. The van der Waals surface area contributed by atoms with Gasteiger partial charge in [-0.15, -0.1) is 0 Å². The first-order valence-electron chi connectivity index (χ1n) is 4.45. The Labute approximate surface area is 125 Å². The third-order valence-electron chi connectivity index (χ3n) is 1.91. The molecule has 0 aliphatic carbocycles. The van der Waals surface area contributed by atoms with E-state index in [1.807, 2.05) is 24.3 Å². The van der Waals surface area contributed by atoms with Crippen molar-refractivity contribution in [1.82, 2.24) is 4.37 Å². The number of amides is 1. The molecule has 0 aliphatic heterocycles. The summed E-state index contributed by atoms with van der Waals surface area (Å²) < 4.78 is 5.31. The van der Waals surface area contributed by atoms with Gasteiger partial charge in [0.15, 0.2) is 5.69 Å². The van der Waals surface area contributed by atoms with E-state index >= 15 is 0 Å². The van der Waals surface area contributed by atoms with Crippen LogP contribution in [0.15, 0.2) is 24.3 Å². The monoisotopic (exact) mass is 398 g/mol. The maximum Gasteiger partial charge on any atom is 0.276 e. The minimum atomic E-state index is -0.362. The SMILES string of the molecule is O=C(Nc1ccc(I)cc1)c1nsc(Cl)c1Cl. The maximum atomic E-state index is 11.8. The largest absolute Gasteiger partial charge is 0.321 e. The van der Waals surface area contributed by atoms with Crippen molar-refractivity contribution in [2.75, 3.05) is 5.32 Å². The highest BCUT2D eigenvalue weighted by Crippen LogP contribution is 2.29. The van der Waals surface area contributed by atoms with Crippen LogP contribution < -0.4 is 5.32 Å². The number of halogens is 3. The molecule has 88 valence electrons. The van der Waals surface area contributed by atoms with Gasteiger partial charge < -0.3 is 5.32 Å². The van der Waals surface area contributed by atoms with E-state index in [9.17, 15) is 4.79 Å². The maximum absolute atomic E-state index is 11.8. The van der Waals surface area contributed by atoms with E-state index in [0.29, 0.717) is 10.0 Å². The zero-order chi connectivity index (χ0) is 12.4. The van der Waals surface area contributed by atoms with Gasteiger partial charge in [-0.25, -0.2) is 0 Å². The van der Waals surface area contributed by atoms with Crippen molar-refractivity contribution < 1.29 is 4.79 Å². The number of nitrogens with one attached hydrogen (secondary N) is 1. The molecule has 1 aromatic carbocycles. The summed E-state index contributed by atoms with van der Waals surface area (Å²) in [6, 6.07) is 7.40. The average molecular weight is 399 g/mol. The second-order valence-corrected chi connectivity index (χ2v) is 6.08. The third kappa shape index (κ3) is 3.09. The molecule has 1 amide bonds. The zero-order valence-corrected chi connectivity index (χ0v) is 12.7. The first-order chi connectivity index (χ1) is 8.08. The van der Waals surface area contributed by atoms with Gasteiger partial charge in [-0.05, 0) is 58.4 Å². The van der Waals surface area contributed by atoms with Gasteiger partial charge in [-0.1, -0.05) is 23.2 Å². The summed E-state index contributed by atoms with van der Waals surface area (Å²) in [5.74, 6) is -0.362. The third-order valence-corrected chi connectivity index (χ3v) is 4.24. The molecule has 0 atom stereocenters. The van der Waals surface area contributed by atoms with Gasteiger partial charge >= 0.3 is 0 Å². The Morgan fingerprint density at radius 1 is 1.29 bits per heavy atom. The van der Waals surface area contributed by atoms with Crippen LogP contribution in [0.5, 0.6) is 0 Å². The molecule has 0 saturated heterocycles. The normalized spacial score (nSPS) is 10.3. The predicted molar refractivity (Wildman–Crippen MR) is 79.2 cm³/mol. The average Bonchev–Trinajstić information content (AvgIpc) is 2.63. The number of carbonyl (C=O) groups excluding carboxylic acids is 1. The van der Waals surface area contributed by atoms with E-state index in [4.69, 9.17) is 23.2 Å². The Morgan fingerprint density at radius 2 is 1.94 bits per heavy atom. The molecule has 3 nitrogen and oxygen atoms in total. The molecule has 0 spiro atoms. The van der Waals surface area contributed by atoms with E-state index in [-0.39, 0.29) is 16.6 Å². The second-order valence-electron chi connectivity index (χ2n) is 3.08. The Hall–Kier alpha value is -0.370. The number of anilines is 1. The van der Waals surface area contributed by atoms with Gasteiger partial charge in [-0.2, -0.15) is 4.37 Å². The minimum absolute atomic E-state index is 0.153. The fourth-order valence-electron chi connectivity index (χ4n) is 1.12. The van der Waals surface area contributed by atoms with Crippen molar-refractivity contribution in [3.63, 3.8) is 0 Å². The van der Waals surface area contributed by atoms with Crippen LogP contribution in [0.2, 0.25) is 9.36 Å². The highest BCUT2D eigenvalue weighted by Gasteiger charge is 2.17. The summed E-state index contributed by atoms with van der Waals surface area (Å²) in [4.78, 5) is 11.8. The molecule has 0 saturated carbocycles. The fourth-order valence-corrected chi connectivity index (χ4v) is 2.48. The number of nitrogens with zero attached hydrogens (tertiary/aromatic N) is 1. The number of aromatic nitrogens is 1. The van der Waals surface area contributed by atoms with E-state index in [0.717, 1.165) is 15.1 Å². The van der Waals surface area contributed by atoms with Crippen LogP contribution in [-0.4, -0.2) is 10.3 Å².